The molecular formula is C19H21FN4O2. The van der Waals surface area contributed by atoms with E-state index in [1.807, 2.05) is 43.3 Å². The second-order valence-corrected chi connectivity index (χ2v) is 6.07. The van der Waals surface area contributed by atoms with Crippen LogP contribution in [-0.2, 0) is 0 Å². The molecule has 1 unspecified atom stereocenters. The summed E-state index contributed by atoms with van der Waals surface area (Å²) in [6.45, 7) is 0.540. The summed E-state index contributed by atoms with van der Waals surface area (Å²) in [5.41, 5.74) is 1.81. The topological polar surface area (TPSA) is 63.4 Å². The van der Waals surface area contributed by atoms with E-state index in [1.54, 1.807) is 19.2 Å². The Morgan fingerprint density at radius 2 is 1.96 bits per heavy atom. The molecule has 3 aromatic rings. The summed E-state index contributed by atoms with van der Waals surface area (Å²) >= 11 is 0. The van der Waals surface area contributed by atoms with Crippen LogP contribution >= 0.6 is 0 Å². The zero-order valence-corrected chi connectivity index (χ0v) is 14.9. The number of likely N-dealkylation sites (N-methyl/N-ethyl adjacent to an activating group) is 1. The highest BCUT2D eigenvalue weighted by atomic mass is 19.1. The van der Waals surface area contributed by atoms with E-state index >= 15 is 0 Å². The second-order valence-electron chi connectivity index (χ2n) is 6.07. The third-order valence-electron chi connectivity index (χ3n) is 4.08. The average Bonchev–Trinajstić information content (AvgIpc) is 3.12. The molecule has 1 atom stereocenters. The lowest BCUT2D eigenvalue weighted by molar-refractivity contribution is 0.308. The summed E-state index contributed by atoms with van der Waals surface area (Å²) < 4.78 is 23.6. The molecule has 0 saturated heterocycles. The van der Waals surface area contributed by atoms with E-state index in [-0.39, 0.29) is 11.9 Å². The van der Waals surface area contributed by atoms with E-state index in [0.29, 0.717) is 18.4 Å². The van der Waals surface area contributed by atoms with Crippen molar-refractivity contribution in [3.8, 4) is 17.1 Å². The van der Waals surface area contributed by atoms with Crippen molar-refractivity contribution in [2.24, 2.45) is 0 Å². The number of anilines is 1. The normalized spacial score (nSPS) is 12.2. The zero-order valence-electron chi connectivity index (χ0n) is 14.9. The Morgan fingerprint density at radius 1 is 1.19 bits per heavy atom. The van der Waals surface area contributed by atoms with Gasteiger partial charge in [0.05, 0.1) is 13.2 Å². The molecule has 0 aliphatic heterocycles. The van der Waals surface area contributed by atoms with Gasteiger partial charge in [-0.25, -0.2) is 4.39 Å². The van der Waals surface area contributed by atoms with Gasteiger partial charge >= 0.3 is 6.01 Å². The molecular weight excluding hydrogens is 335 g/mol. The summed E-state index contributed by atoms with van der Waals surface area (Å²) in [6, 6.07) is 14.3. The average molecular weight is 356 g/mol. The number of hydrogen-bond donors (Lipinski definition) is 1. The van der Waals surface area contributed by atoms with Crippen LogP contribution in [-0.4, -0.2) is 42.8 Å². The number of aromatic nitrogens is 2. The maximum atomic E-state index is 13.1. The highest BCUT2D eigenvalue weighted by Gasteiger charge is 2.16. The summed E-state index contributed by atoms with van der Waals surface area (Å²) in [6.07, 6.45) is 0. The van der Waals surface area contributed by atoms with Crippen LogP contribution in [0.5, 0.6) is 5.75 Å². The zero-order chi connectivity index (χ0) is 18.5. The molecule has 0 aliphatic carbocycles. The Bertz CT molecular complexity index is 849. The molecule has 0 saturated carbocycles. The van der Waals surface area contributed by atoms with Crippen LogP contribution in [0, 0.1) is 5.82 Å². The van der Waals surface area contributed by atoms with Crippen molar-refractivity contribution >= 4 is 6.01 Å². The fraction of sp³-hybridized carbons (Fsp3) is 0.263. The van der Waals surface area contributed by atoms with Gasteiger partial charge < -0.3 is 19.5 Å². The van der Waals surface area contributed by atoms with Crippen LogP contribution in [0.25, 0.3) is 11.4 Å². The Kier molecular flexibility index (Phi) is 5.48. The van der Waals surface area contributed by atoms with Crippen LogP contribution in [0.4, 0.5) is 10.4 Å². The van der Waals surface area contributed by atoms with E-state index in [0.717, 1.165) is 16.9 Å². The van der Waals surface area contributed by atoms with Gasteiger partial charge in [0.1, 0.15) is 11.6 Å². The number of hydrogen-bond acceptors (Lipinski definition) is 6. The van der Waals surface area contributed by atoms with Crippen molar-refractivity contribution in [2.75, 3.05) is 33.1 Å². The first-order valence-corrected chi connectivity index (χ1v) is 8.20. The molecule has 6 nitrogen and oxygen atoms in total. The van der Waals surface area contributed by atoms with Crippen LogP contribution < -0.4 is 10.1 Å². The van der Waals surface area contributed by atoms with Gasteiger partial charge in [0.25, 0.3) is 0 Å². The minimum atomic E-state index is -0.251. The van der Waals surface area contributed by atoms with E-state index in [4.69, 9.17) is 9.26 Å². The third kappa shape index (κ3) is 4.18. The van der Waals surface area contributed by atoms with E-state index in [1.165, 1.54) is 12.1 Å². The van der Waals surface area contributed by atoms with Crippen molar-refractivity contribution in [3.63, 3.8) is 0 Å². The number of ether oxygens (including phenoxy) is 1. The highest BCUT2D eigenvalue weighted by Crippen LogP contribution is 2.23. The molecule has 0 bridgehead atoms. The summed E-state index contributed by atoms with van der Waals surface area (Å²) in [7, 11) is 5.54. The minimum absolute atomic E-state index is 0.0303. The second kappa shape index (κ2) is 7.97. The lowest BCUT2D eigenvalue weighted by atomic mass is 10.1. The van der Waals surface area contributed by atoms with Crippen molar-refractivity contribution in [1.29, 1.82) is 0 Å². The quantitative estimate of drug-likeness (QED) is 0.698. The first-order valence-electron chi connectivity index (χ1n) is 8.20. The van der Waals surface area contributed by atoms with Gasteiger partial charge in [-0.05, 0) is 43.9 Å². The summed E-state index contributed by atoms with van der Waals surface area (Å²) in [4.78, 5) is 6.41. The van der Waals surface area contributed by atoms with E-state index < -0.39 is 0 Å². The number of benzene rings is 2. The molecule has 136 valence electrons. The van der Waals surface area contributed by atoms with E-state index in [2.05, 4.69) is 15.5 Å². The first-order chi connectivity index (χ1) is 12.6. The van der Waals surface area contributed by atoms with Crippen molar-refractivity contribution in [2.45, 2.75) is 6.04 Å². The number of rotatable bonds is 7. The molecule has 3 rings (SSSR count). The van der Waals surface area contributed by atoms with Gasteiger partial charge in [-0.15, -0.1) is 0 Å². The molecule has 1 aromatic heterocycles. The highest BCUT2D eigenvalue weighted by molar-refractivity contribution is 5.57. The Hall–Kier alpha value is -2.93. The van der Waals surface area contributed by atoms with Gasteiger partial charge in [0, 0.05) is 12.1 Å². The first kappa shape index (κ1) is 17.9. The predicted molar refractivity (Wildman–Crippen MR) is 97.6 cm³/mol. The summed E-state index contributed by atoms with van der Waals surface area (Å²) in [5.74, 6) is 0.958. The molecule has 7 heteroatoms. The van der Waals surface area contributed by atoms with Gasteiger partial charge in [-0.2, -0.15) is 4.98 Å². The fourth-order valence-corrected chi connectivity index (χ4v) is 2.64. The Balaban J connectivity index is 1.70. The minimum Gasteiger partial charge on any atom is -0.497 e. The van der Waals surface area contributed by atoms with Crippen molar-refractivity contribution < 1.29 is 13.7 Å². The van der Waals surface area contributed by atoms with Crippen LogP contribution in [0.3, 0.4) is 0 Å². The van der Waals surface area contributed by atoms with Gasteiger partial charge in [-0.3, -0.25) is 0 Å². The smallest absolute Gasteiger partial charge is 0.321 e. The molecule has 0 fully saturated rings. The molecule has 0 aliphatic rings. The number of methoxy groups -OCH3 is 1. The Labute approximate surface area is 151 Å². The lowest BCUT2D eigenvalue weighted by Crippen LogP contribution is -2.26. The molecule has 0 spiro atoms. The van der Waals surface area contributed by atoms with Crippen molar-refractivity contribution in [3.05, 3.63) is 59.9 Å². The number of nitrogens with one attached hydrogen (secondary N) is 1. The summed E-state index contributed by atoms with van der Waals surface area (Å²) in [5, 5.41) is 7.15. The van der Waals surface area contributed by atoms with E-state index in [9.17, 15) is 4.39 Å². The van der Waals surface area contributed by atoms with Gasteiger partial charge in [-0.1, -0.05) is 29.4 Å². The SMILES string of the molecule is COc1cccc(-c2noc(NCC(c3ccc(F)cc3)N(C)C)n2)c1. The third-order valence-corrected chi connectivity index (χ3v) is 4.08. The molecule has 0 radical (unpaired) electrons. The number of halogens is 1. The molecule has 26 heavy (non-hydrogen) atoms. The Morgan fingerprint density at radius 3 is 2.65 bits per heavy atom. The molecule has 2 aromatic carbocycles. The van der Waals surface area contributed by atoms with Crippen LogP contribution in [0.2, 0.25) is 0 Å². The van der Waals surface area contributed by atoms with Crippen LogP contribution in [0.15, 0.2) is 53.1 Å². The van der Waals surface area contributed by atoms with Gasteiger partial charge in [0.15, 0.2) is 0 Å². The maximum absolute atomic E-state index is 13.1. The standard InChI is InChI=1S/C19H21FN4O2/c1-24(2)17(13-7-9-15(20)10-8-13)12-21-19-22-18(23-26-19)14-5-4-6-16(11-14)25-3/h4-11,17H,12H2,1-3H3,(H,21,22,23). The maximum Gasteiger partial charge on any atom is 0.321 e. The lowest BCUT2D eigenvalue weighted by Gasteiger charge is -2.24. The van der Waals surface area contributed by atoms with Crippen LogP contribution in [0.1, 0.15) is 11.6 Å². The molecule has 1 heterocycles. The molecule has 0 amide bonds. The number of nitrogens with zero attached hydrogens (tertiary/aromatic N) is 3. The predicted octanol–water partition coefficient (Wildman–Crippen LogP) is 3.60. The fourth-order valence-electron chi connectivity index (χ4n) is 2.64. The molecule has 1 N–H and O–H groups in total. The van der Waals surface area contributed by atoms with Gasteiger partial charge in [0.2, 0.25) is 5.82 Å². The van der Waals surface area contributed by atoms with Crippen molar-refractivity contribution in [1.82, 2.24) is 15.0 Å². The monoisotopic (exact) mass is 356 g/mol. The largest absolute Gasteiger partial charge is 0.497 e.